The molecular weight excluding hydrogens is 290 g/mol. The zero-order valence-electron chi connectivity index (χ0n) is 12.2. The number of nitrogens with two attached hydrogens (primary N) is 1. The molecule has 118 valence electrons. The summed E-state index contributed by atoms with van der Waals surface area (Å²) in [4.78, 5) is 2.34. The normalized spacial score (nSPS) is 19.7. The number of piperidine rings is 1. The minimum atomic E-state index is -3.47. The second kappa shape index (κ2) is 6.64. The topological polar surface area (TPSA) is 95.7 Å². The SMILES string of the molecule is CNS(=O)(=O)c1ccc(N)c(N2CCCC(CCO)C2)c1. The molecule has 1 saturated heterocycles. The van der Waals surface area contributed by atoms with Gasteiger partial charge < -0.3 is 15.7 Å². The molecule has 1 heterocycles. The lowest BCUT2D eigenvalue weighted by Gasteiger charge is -2.35. The van der Waals surface area contributed by atoms with Gasteiger partial charge in [0, 0.05) is 19.7 Å². The molecule has 0 saturated carbocycles. The highest BCUT2D eigenvalue weighted by atomic mass is 32.2. The minimum Gasteiger partial charge on any atom is -0.397 e. The molecule has 4 N–H and O–H groups in total. The van der Waals surface area contributed by atoms with E-state index in [1.54, 1.807) is 12.1 Å². The Morgan fingerprint density at radius 2 is 2.24 bits per heavy atom. The van der Waals surface area contributed by atoms with Gasteiger partial charge in [-0.15, -0.1) is 0 Å². The quantitative estimate of drug-likeness (QED) is 0.698. The van der Waals surface area contributed by atoms with Gasteiger partial charge in [0.2, 0.25) is 10.0 Å². The fourth-order valence-corrected chi connectivity index (χ4v) is 3.53. The lowest BCUT2D eigenvalue weighted by atomic mass is 9.94. The lowest BCUT2D eigenvalue weighted by Crippen LogP contribution is -2.36. The Hall–Kier alpha value is -1.31. The van der Waals surface area contributed by atoms with Crippen molar-refractivity contribution in [3.63, 3.8) is 0 Å². The number of nitrogens with zero attached hydrogens (tertiary/aromatic N) is 1. The summed E-state index contributed by atoms with van der Waals surface area (Å²) in [5.74, 6) is 0.424. The summed E-state index contributed by atoms with van der Waals surface area (Å²) in [5.41, 5.74) is 7.35. The van der Waals surface area contributed by atoms with Crippen LogP contribution in [0, 0.1) is 5.92 Å². The molecule has 1 aromatic carbocycles. The van der Waals surface area contributed by atoms with Crippen LogP contribution in [0.15, 0.2) is 23.1 Å². The smallest absolute Gasteiger partial charge is 0.240 e. The molecule has 1 aromatic rings. The van der Waals surface area contributed by atoms with E-state index in [1.165, 1.54) is 13.1 Å². The van der Waals surface area contributed by atoms with Gasteiger partial charge in [0.25, 0.3) is 0 Å². The molecule has 0 aliphatic carbocycles. The van der Waals surface area contributed by atoms with Crippen LogP contribution in [0.2, 0.25) is 0 Å². The lowest BCUT2D eigenvalue weighted by molar-refractivity contribution is 0.244. The number of nitrogen functional groups attached to an aromatic ring is 1. The van der Waals surface area contributed by atoms with Gasteiger partial charge in [-0.1, -0.05) is 0 Å². The summed E-state index contributed by atoms with van der Waals surface area (Å²) in [6.45, 7) is 1.84. The van der Waals surface area contributed by atoms with Gasteiger partial charge in [0.15, 0.2) is 0 Å². The number of rotatable bonds is 5. The van der Waals surface area contributed by atoms with Gasteiger partial charge in [-0.05, 0) is 50.4 Å². The largest absolute Gasteiger partial charge is 0.397 e. The average Bonchev–Trinajstić information content (AvgIpc) is 2.48. The average molecular weight is 313 g/mol. The maximum atomic E-state index is 11.9. The fourth-order valence-electron chi connectivity index (χ4n) is 2.78. The van der Waals surface area contributed by atoms with Crippen LogP contribution in [0.3, 0.4) is 0 Å². The molecule has 2 rings (SSSR count). The van der Waals surface area contributed by atoms with E-state index in [0.29, 0.717) is 11.6 Å². The Balaban J connectivity index is 2.28. The van der Waals surface area contributed by atoms with Crippen LogP contribution in [0.5, 0.6) is 0 Å². The Kier molecular flexibility index (Phi) is 5.08. The zero-order chi connectivity index (χ0) is 15.5. The molecule has 21 heavy (non-hydrogen) atoms. The first-order valence-corrected chi connectivity index (χ1v) is 8.65. The van der Waals surface area contributed by atoms with E-state index in [1.807, 2.05) is 0 Å². The molecule has 1 fully saturated rings. The molecule has 0 aromatic heterocycles. The molecular formula is C14H23N3O3S. The summed E-state index contributed by atoms with van der Waals surface area (Å²) in [5, 5.41) is 9.08. The van der Waals surface area contributed by atoms with Crippen LogP contribution in [-0.4, -0.2) is 40.3 Å². The van der Waals surface area contributed by atoms with E-state index >= 15 is 0 Å². The van der Waals surface area contributed by atoms with Crippen molar-refractivity contribution in [3.05, 3.63) is 18.2 Å². The van der Waals surface area contributed by atoms with Crippen LogP contribution < -0.4 is 15.4 Å². The highest BCUT2D eigenvalue weighted by Crippen LogP contribution is 2.31. The monoisotopic (exact) mass is 313 g/mol. The van der Waals surface area contributed by atoms with Crippen molar-refractivity contribution in [2.75, 3.05) is 37.4 Å². The van der Waals surface area contributed by atoms with Crippen molar-refractivity contribution in [2.24, 2.45) is 5.92 Å². The Labute approximate surface area is 126 Å². The second-order valence-corrected chi connectivity index (χ2v) is 7.28. The molecule has 1 aliphatic heterocycles. The van der Waals surface area contributed by atoms with Crippen molar-refractivity contribution in [1.29, 1.82) is 0 Å². The molecule has 0 spiro atoms. The summed E-state index contributed by atoms with van der Waals surface area (Å²) in [7, 11) is -2.08. The Bertz CT molecular complexity index is 587. The summed E-state index contributed by atoms with van der Waals surface area (Å²) >= 11 is 0. The minimum absolute atomic E-state index is 0.183. The van der Waals surface area contributed by atoms with Gasteiger partial charge in [0.1, 0.15) is 0 Å². The fraction of sp³-hybridized carbons (Fsp3) is 0.571. The number of aliphatic hydroxyl groups is 1. The maximum absolute atomic E-state index is 11.9. The standard InChI is InChI=1S/C14H23N3O3S/c1-16-21(19,20)12-4-5-13(15)14(9-12)17-7-2-3-11(10-17)6-8-18/h4-5,9,11,16,18H,2-3,6-8,10,15H2,1H3. The molecule has 1 unspecified atom stereocenters. The maximum Gasteiger partial charge on any atom is 0.240 e. The van der Waals surface area contributed by atoms with E-state index in [0.717, 1.165) is 38.0 Å². The first kappa shape index (κ1) is 16.1. The van der Waals surface area contributed by atoms with Crippen LogP contribution in [-0.2, 0) is 10.0 Å². The Morgan fingerprint density at radius 3 is 2.90 bits per heavy atom. The van der Waals surface area contributed by atoms with Gasteiger partial charge in [0.05, 0.1) is 16.3 Å². The summed E-state index contributed by atoms with van der Waals surface area (Å²) < 4.78 is 26.1. The van der Waals surface area contributed by atoms with Crippen LogP contribution in [0.1, 0.15) is 19.3 Å². The number of sulfonamides is 1. The third-order valence-electron chi connectivity index (χ3n) is 3.98. The van der Waals surface area contributed by atoms with Crippen molar-refractivity contribution < 1.29 is 13.5 Å². The van der Waals surface area contributed by atoms with Crippen molar-refractivity contribution in [3.8, 4) is 0 Å². The molecule has 0 amide bonds. The highest BCUT2D eigenvalue weighted by molar-refractivity contribution is 7.89. The van der Waals surface area contributed by atoms with Crippen molar-refractivity contribution in [1.82, 2.24) is 4.72 Å². The third kappa shape index (κ3) is 3.66. The van der Waals surface area contributed by atoms with E-state index in [9.17, 15) is 8.42 Å². The van der Waals surface area contributed by atoms with Crippen molar-refractivity contribution in [2.45, 2.75) is 24.2 Å². The van der Waals surface area contributed by atoms with E-state index in [-0.39, 0.29) is 11.5 Å². The van der Waals surface area contributed by atoms with E-state index in [2.05, 4.69) is 9.62 Å². The third-order valence-corrected chi connectivity index (χ3v) is 5.39. The predicted molar refractivity (Wildman–Crippen MR) is 83.7 cm³/mol. The van der Waals surface area contributed by atoms with Crippen LogP contribution >= 0.6 is 0 Å². The zero-order valence-corrected chi connectivity index (χ0v) is 13.1. The number of benzene rings is 1. The number of nitrogens with one attached hydrogen (secondary N) is 1. The second-order valence-electron chi connectivity index (χ2n) is 5.39. The number of aliphatic hydroxyl groups excluding tert-OH is 1. The number of anilines is 2. The van der Waals surface area contributed by atoms with Crippen molar-refractivity contribution >= 4 is 21.4 Å². The molecule has 0 bridgehead atoms. The molecule has 0 radical (unpaired) electrons. The van der Waals surface area contributed by atoms with Gasteiger partial charge in [-0.25, -0.2) is 13.1 Å². The molecule has 1 aliphatic rings. The number of hydrogen-bond acceptors (Lipinski definition) is 5. The van der Waals surface area contributed by atoms with Crippen LogP contribution in [0.4, 0.5) is 11.4 Å². The van der Waals surface area contributed by atoms with E-state index in [4.69, 9.17) is 10.8 Å². The first-order valence-electron chi connectivity index (χ1n) is 7.17. The predicted octanol–water partition coefficient (Wildman–Crippen LogP) is 0.776. The first-order chi connectivity index (χ1) is 9.97. The molecule has 1 atom stereocenters. The molecule has 7 heteroatoms. The summed E-state index contributed by atoms with van der Waals surface area (Å²) in [6, 6.07) is 4.78. The molecule has 6 nitrogen and oxygen atoms in total. The van der Waals surface area contributed by atoms with Gasteiger partial charge >= 0.3 is 0 Å². The van der Waals surface area contributed by atoms with Crippen LogP contribution in [0.25, 0.3) is 0 Å². The van der Waals surface area contributed by atoms with Gasteiger partial charge in [-0.2, -0.15) is 0 Å². The van der Waals surface area contributed by atoms with E-state index < -0.39 is 10.0 Å². The highest BCUT2D eigenvalue weighted by Gasteiger charge is 2.22. The van der Waals surface area contributed by atoms with Gasteiger partial charge in [-0.3, -0.25) is 0 Å². The number of hydrogen-bond donors (Lipinski definition) is 3. The Morgan fingerprint density at radius 1 is 1.48 bits per heavy atom. The summed E-state index contributed by atoms with van der Waals surface area (Å²) in [6.07, 6.45) is 2.88.